The maximum absolute atomic E-state index is 8.15. The molecule has 0 atom stereocenters. The molecule has 0 aliphatic heterocycles. The van der Waals surface area contributed by atoms with Gasteiger partial charge in [-0.15, -0.1) is 12.6 Å². The lowest BCUT2D eigenvalue weighted by Crippen LogP contribution is -1.72. The summed E-state index contributed by atoms with van der Waals surface area (Å²) in [4.78, 5) is 0.856. The summed E-state index contributed by atoms with van der Waals surface area (Å²) < 4.78 is 0. The summed E-state index contributed by atoms with van der Waals surface area (Å²) in [6.07, 6.45) is 0. The number of hydrogen-bond donors (Lipinski definition) is 1. The van der Waals surface area contributed by atoms with Gasteiger partial charge in [0.1, 0.15) is 0 Å². The second-order valence-electron chi connectivity index (χ2n) is 1.91. The zero-order valence-electron chi connectivity index (χ0n) is 5.70. The van der Waals surface area contributed by atoms with Crippen LogP contribution in [0, 0.1) is 23.2 Å². The summed E-state index contributed by atoms with van der Waals surface area (Å²) in [5.41, 5.74) is 0.819. The fourth-order valence-corrected chi connectivity index (χ4v) is 0.909. The molecule has 0 radical (unpaired) electrons. The van der Waals surface area contributed by atoms with Crippen LogP contribution >= 0.6 is 12.6 Å². The Hall–Kier alpha value is -1.38. The fourth-order valence-electron chi connectivity index (χ4n) is 0.684. The summed E-state index contributed by atoms with van der Waals surface area (Å²) in [5.74, 6) is 4.99. The predicted molar refractivity (Wildman–Crippen MR) is 46.2 cm³/mol. The summed E-state index contributed by atoms with van der Waals surface area (Å²) >= 11 is 4.13. The van der Waals surface area contributed by atoms with E-state index in [1.165, 1.54) is 0 Å². The molecule has 0 unspecified atom stereocenters. The van der Waals surface area contributed by atoms with Crippen LogP contribution in [0.2, 0.25) is 0 Å². The molecule has 1 aromatic rings. The Morgan fingerprint density at radius 2 is 2.18 bits per heavy atom. The summed E-state index contributed by atoms with van der Waals surface area (Å²) in [6.45, 7) is 0. The van der Waals surface area contributed by atoms with E-state index in [0.717, 1.165) is 10.5 Å². The second kappa shape index (κ2) is 3.71. The highest BCUT2D eigenvalue weighted by molar-refractivity contribution is 7.80. The molecule has 0 amide bonds. The zero-order valence-corrected chi connectivity index (χ0v) is 6.60. The number of nitriles is 1. The van der Waals surface area contributed by atoms with Crippen molar-refractivity contribution in [2.24, 2.45) is 0 Å². The first-order chi connectivity index (χ1) is 5.33. The lowest BCUT2D eigenvalue weighted by atomic mass is 10.2. The minimum absolute atomic E-state index is 0.819. The Bertz CT molecular complexity index is 352. The van der Waals surface area contributed by atoms with Crippen LogP contribution in [-0.2, 0) is 0 Å². The molecule has 1 nitrogen and oxygen atoms in total. The van der Waals surface area contributed by atoms with Gasteiger partial charge in [-0.05, 0) is 18.2 Å². The molecule has 11 heavy (non-hydrogen) atoms. The van der Waals surface area contributed by atoms with E-state index in [-0.39, 0.29) is 0 Å². The van der Waals surface area contributed by atoms with Crippen molar-refractivity contribution < 1.29 is 0 Å². The fraction of sp³-hybridized carbons (Fsp3) is 0. The largest absolute Gasteiger partial charge is 0.183 e. The van der Waals surface area contributed by atoms with E-state index in [9.17, 15) is 0 Å². The van der Waals surface area contributed by atoms with E-state index in [2.05, 4.69) is 24.5 Å². The molecule has 0 fully saturated rings. The molecule has 1 aromatic carbocycles. The minimum Gasteiger partial charge on any atom is -0.183 e. The van der Waals surface area contributed by atoms with Crippen molar-refractivity contribution in [2.75, 3.05) is 0 Å². The highest BCUT2D eigenvalue weighted by atomic mass is 32.1. The van der Waals surface area contributed by atoms with Crippen LogP contribution in [0.1, 0.15) is 5.56 Å². The number of thiol groups is 1. The number of hydrogen-bond acceptors (Lipinski definition) is 2. The van der Waals surface area contributed by atoms with Crippen molar-refractivity contribution >= 4 is 12.6 Å². The third kappa shape index (κ3) is 2.37. The number of benzene rings is 1. The zero-order chi connectivity index (χ0) is 8.10. The maximum Gasteiger partial charge on any atom is 0.152 e. The van der Waals surface area contributed by atoms with Crippen LogP contribution in [0.5, 0.6) is 0 Å². The molecule has 0 aliphatic carbocycles. The Morgan fingerprint density at radius 3 is 2.82 bits per heavy atom. The Balaban J connectivity index is 2.99. The van der Waals surface area contributed by atoms with Crippen LogP contribution in [0.15, 0.2) is 29.2 Å². The van der Waals surface area contributed by atoms with Crippen molar-refractivity contribution in [2.45, 2.75) is 4.90 Å². The average Bonchev–Trinajstić information content (AvgIpc) is 2.01. The third-order valence-electron chi connectivity index (χ3n) is 1.11. The van der Waals surface area contributed by atoms with E-state index in [1.54, 1.807) is 6.07 Å². The van der Waals surface area contributed by atoms with E-state index < -0.39 is 0 Å². The van der Waals surface area contributed by atoms with Crippen molar-refractivity contribution in [3.8, 4) is 17.9 Å². The van der Waals surface area contributed by atoms with Gasteiger partial charge < -0.3 is 0 Å². The molecular weight excluding hydrogens is 154 g/mol. The summed E-state index contributed by atoms with van der Waals surface area (Å²) in [5, 5.41) is 8.15. The molecule has 0 saturated carbocycles. The lowest BCUT2D eigenvalue weighted by molar-refractivity contribution is 1.45. The SMILES string of the molecule is N#CC#Cc1cccc(S)c1. The monoisotopic (exact) mass is 159 g/mol. The van der Waals surface area contributed by atoms with Gasteiger partial charge in [0, 0.05) is 16.4 Å². The normalized spacial score (nSPS) is 7.64. The molecular formula is C9H5NS. The first-order valence-electron chi connectivity index (χ1n) is 3.02. The van der Waals surface area contributed by atoms with Crippen LogP contribution in [0.25, 0.3) is 0 Å². The van der Waals surface area contributed by atoms with Gasteiger partial charge in [0.05, 0.1) is 0 Å². The highest BCUT2D eigenvalue weighted by Gasteiger charge is 1.85. The van der Waals surface area contributed by atoms with E-state index in [1.807, 2.05) is 24.3 Å². The first kappa shape index (κ1) is 7.72. The van der Waals surface area contributed by atoms with Gasteiger partial charge in [0.2, 0.25) is 0 Å². The van der Waals surface area contributed by atoms with Crippen molar-refractivity contribution in [1.29, 1.82) is 5.26 Å². The van der Waals surface area contributed by atoms with Crippen LogP contribution in [-0.4, -0.2) is 0 Å². The Labute approximate surface area is 71.1 Å². The van der Waals surface area contributed by atoms with Crippen molar-refractivity contribution in [3.05, 3.63) is 29.8 Å². The van der Waals surface area contributed by atoms with Crippen molar-refractivity contribution in [1.82, 2.24) is 0 Å². The maximum atomic E-state index is 8.15. The van der Waals surface area contributed by atoms with Gasteiger partial charge in [-0.3, -0.25) is 0 Å². The van der Waals surface area contributed by atoms with E-state index >= 15 is 0 Å². The molecule has 0 N–H and O–H groups in total. The van der Waals surface area contributed by atoms with Gasteiger partial charge in [0.15, 0.2) is 6.07 Å². The molecule has 0 saturated heterocycles. The van der Waals surface area contributed by atoms with Crippen LogP contribution in [0.3, 0.4) is 0 Å². The topological polar surface area (TPSA) is 23.8 Å². The molecule has 0 spiro atoms. The predicted octanol–water partition coefficient (Wildman–Crippen LogP) is 1.85. The van der Waals surface area contributed by atoms with Gasteiger partial charge in [-0.25, -0.2) is 0 Å². The Morgan fingerprint density at radius 1 is 1.36 bits per heavy atom. The van der Waals surface area contributed by atoms with Crippen LogP contribution < -0.4 is 0 Å². The van der Waals surface area contributed by atoms with Crippen LogP contribution in [0.4, 0.5) is 0 Å². The highest BCUT2D eigenvalue weighted by Crippen LogP contribution is 2.06. The molecule has 0 aliphatic rings. The molecule has 0 heterocycles. The summed E-state index contributed by atoms with van der Waals surface area (Å²) in [7, 11) is 0. The second-order valence-corrected chi connectivity index (χ2v) is 2.43. The average molecular weight is 159 g/mol. The smallest absolute Gasteiger partial charge is 0.152 e. The molecule has 52 valence electrons. The molecule has 0 bridgehead atoms. The van der Waals surface area contributed by atoms with Gasteiger partial charge in [-0.1, -0.05) is 12.0 Å². The van der Waals surface area contributed by atoms with Gasteiger partial charge in [0.25, 0.3) is 0 Å². The minimum atomic E-state index is 0.819. The number of nitrogens with zero attached hydrogens (tertiary/aromatic N) is 1. The quantitative estimate of drug-likeness (QED) is 0.453. The van der Waals surface area contributed by atoms with Gasteiger partial charge >= 0.3 is 0 Å². The molecule has 0 aromatic heterocycles. The third-order valence-corrected chi connectivity index (χ3v) is 1.39. The standard InChI is InChI=1S/C9H5NS/c10-6-2-4-8-3-1-5-9(11)7-8/h1,3,5,7,11H. The first-order valence-corrected chi connectivity index (χ1v) is 3.47. The van der Waals surface area contributed by atoms with E-state index in [4.69, 9.17) is 5.26 Å². The number of rotatable bonds is 0. The van der Waals surface area contributed by atoms with Crippen molar-refractivity contribution in [3.63, 3.8) is 0 Å². The van der Waals surface area contributed by atoms with Gasteiger partial charge in [-0.2, -0.15) is 5.26 Å². The summed E-state index contributed by atoms with van der Waals surface area (Å²) in [6, 6.07) is 9.11. The molecule has 1 rings (SSSR count). The molecule has 2 heteroatoms. The lowest BCUT2D eigenvalue weighted by Gasteiger charge is -1.89. The van der Waals surface area contributed by atoms with E-state index in [0.29, 0.717) is 0 Å². The Kier molecular flexibility index (Phi) is 2.60.